The Kier molecular flexibility index (Phi) is 8.60. The van der Waals surface area contributed by atoms with E-state index in [1.807, 2.05) is 73.7 Å². The SMILES string of the molecule is C[C@@H](C[C@H](NC(=O)c1ccc(-c2ccccc2Cl)cc1)C(=O)NC1(C#N)CCOCC1)c1ccccc1. The van der Waals surface area contributed by atoms with Gasteiger partial charge in [-0.1, -0.05) is 79.2 Å². The van der Waals surface area contributed by atoms with Crippen molar-refractivity contribution in [3.8, 4) is 17.2 Å². The fourth-order valence-corrected chi connectivity index (χ4v) is 4.79. The molecule has 190 valence electrons. The van der Waals surface area contributed by atoms with Gasteiger partial charge in [-0.05, 0) is 41.7 Å². The summed E-state index contributed by atoms with van der Waals surface area (Å²) in [4.78, 5) is 26.7. The molecule has 1 heterocycles. The van der Waals surface area contributed by atoms with Gasteiger partial charge in [-0.3, -0.25) is 9.59 Å². The van der Waals surface area contributed by atoms with Crippen LogP contribution in [0.3, 0.4) is 0 Å². The standard InChI is InChI=1S/C30H30ClN3O3/c1-21(22-7-3-2-4-8-22)19-27(29(36)34-30(20-32)15-17-37-18-16-30)33-28(35)24-13-11-23(12-14-24)25-9-5-6-10-26(25)31/h2-14,21,27H,15-19H2,1H3,(H,33,35)(H,34,36)/t21-,27-/m0/s1. The predicted molar refractivity (Wildman–Crippen MR) is 144 cm³/mol. The summed E-state index contributed by atoms with van der Waals surface area (Å²) in [6.07, 6.45) is 1.21. The average molecular weight is 516 g/mol. The largest absolute Gasteiger partial charge is 0.381 e. The van der Waals surface area contributed by atoms with Gasteiger partial charge in [0, 0.05) is 42.2 Å². The molecule has 1 saturated heterocycles. The molecule has 0 radical (unpaired) electrons. The summed E-state index contributed by atoms with van der Waals surface area (Å²) >= 11 is 6.31. The van der Waals surface area contributed by atoms with Gasteiger partial charge in [-0.2, -0.15) is 5.26 Å². The molecular formula is C30H30ClN3O3. The van der Waals surface area contributed by atoms with E-state index in [9.17, 15) is 14.9 Å². The van der Waals surface area contributed by atoms with Crippen molar-refractivity contribution in [2.24, 2.45) is 0 Å². The van der Waals surface area contributed by atoms with Gasteiger partial charge in [0.2, 0.25) is 5.91 Å². The Hall–Kier alpha value is -3.66. The molecule has 1 aliphatic heterocycles. The van der Waals surface area contributed by atoms with Crippen LogP contribution in [0.15, 0.2) is 78.9 Å². The van der Waals surface area contributed by atoms with Crippen LogP contribution < -0.4 is 10.6 Å². The van der Waals surface area contributed by atoms with Crippen LogP contribution in [-0.4, -0.2) is 36.6 Å². The molecule has 37 heavy (non-hydrogen) atoms. The fraction of sp³-hybridized carbons (Fsp3) is 0.300. The number of hydrogen-bond acceptors (Lipinski definition) is 4. The maximum absolute atomic E-state index is 13.5. The summed E-state index contributed by atoms with van der Waals surface area (Å²) in [5, 5.41) is 16.3. The summed E-state index contributed by atoms with van der Waals surface area (Å²) in [7, 11) is 0. The highest BCUT2D eigenvalue weighted by atomic mass is 35.5. The van der Waals surface area contributed by atoms with Crippen LogP contribution in [0.1, 0.15) is 48.0 Å². The number of nitrogens with one attached hydrogen (secondary N) is 2. The van der Waals surface area contributed by atoms with Crippen LogP contribution in [0.4, 0.5) is 0 Å². The van der Waals surface area contributed by atoms with Crippen LogP contribution in [0.5, 0.6) is 0 Å². The number of rotatable bonds is 8. The number of nitrogens with zero attached hydrogens (tertiary/aromatic N) is 1. The van der Waals surface area contributed by atoms with Crippen LogP contribution in [0.2, 0.25) is 5.02 Å². The normalized spacial score (nSPS) is 16.1. The minimum atomic E-state index is -0.995. The summed E-state index contributed by atoms with van der Waals surface area (Å²) in [6, 6.07) is 25.9. The van der Waals surface area contributed by atoms with Crippen molar-refractivity contribution >= 4 is 23.4 Å². The lowest BCUT2D eigenvalue weighted by molar-refractivity contribution is -0.125. The molecule has 0 spiro atoms. The fourth-order valence-electron chi connectivity index (χ4n) is 4.55. The predicted octanol–water partition coefficient (Wildman–Crippen LogP) is 5.49. The molecular weight excluding hydrogens is 486 g/mol. The van der Waals surface area contributed by atoms with Crippen molar-refractivity contribution in [1.82, 2.24) is 10.6 Å². The second-order valence-electron chi connectivity index (χ2n) is 9.43. The van der Waals surface area contributed by atoms with Crippen LogP contribution >= 0.6 is 11.6 Å². The molecule has 4 rings (SSSR count). The molecule has 1 aliphatic rings. The van der Waals surface area contributed by atoms with E-state index in [1.165, 1.54) is 0 Å². The zero-order valence-corrected chi connectivity index (χ0v) is 21.5. The summed E-state index contributed by atoms with van der Waals surface area (Å²) < 4.78 is 5.38. The van der Waals surface area contributed by atoms with Gasteiger partial charge in [-0.15, -0.1) is 0 Å². The van der Waals surface area contributed by atoms with Crippen LogP contribution in [0.25, 0.3) is 11.1 Å². The highest BCUT2D eigenvalue weighted by molar-refractivity contribution is 6.33. The molecule has 3 aromatic rings. The first-order valence-corrected chi connectivity index (χ1v) is 12.8. The minimum absolute atomic E-state index is 0.00701. The third-order valence-corrected chi connectivity index (χ3v) is 7.16. The molecule has 0 aromatic heterocycles. The first-order valence-electron chi connectivity index (χ1n) is 12.4. The molecule has 0 unspecified atom stereocenters. The lowest BCUT2D eigenvalue weighted by atomic mass is 9.89. The number of carbonyl (C=O) groups is 2. The smallest absolute Gasteiger partial charge is 0.251 e. The monoisotopic (exact) mass is 515 g/mol. The summed E-state index contributed by atoms with van der Waals surface area (Å²) in [6.45, 7) is 2.83. The maximum atomic E-state index is 13.5. The Morgan fingerprint density at radius 1 is 1.00 bits per heavy atom. The number of amides is 2. The van der Waals surface area contributed by atoms with E-state index in [-0.39, 0.29) is 17.7 Å². The summed E-state index contributed by atoms with van der Waals surface area (Å²) in [5.41, 5.74) is 2.28. The van der Waals surface area contributed by atoms with E-state index in [2.05, 4.69) is 16.7 Å². The number of hydrogen-bond donors (Lipinski definition) is 2. The first kappa shape index (κ1) is 26.4. The van der Waals surface area contributed by atoms with Gasteiger partial charge in [0.05, 0.1) is 6.07 Å². The number of carbonyl (C=O) groups excluding carboxylic acids is 2. The Labute approximate surface area is 222 Å². The Balaban J connectivity index is 1.53. The second-order valence-corrected chi connectivity index (χ2v) is 9.83. The first-order chi connectivity index (χ1) is 17.9. The van der Waals surface area contributed by atoms with Crippen molar-refractivity contribution in [3.05, 3.63) is 95.0 Å². The van der Waals surface area contributed by atoms with Gasteiger partial charge in [-0.25, -0.2) is 0 Å². The second kappa shape index (κ2) is 12.1. The topological polar surface area (TPSA) is 91.2 Å². The molecule has 6 nitrogen and oxygen atoms in total. The molecule has 2 N–H and O–H groups in total. The molecule has 0 bridgehead atoms. The van der Waals surface area contributed by atoms with Gasteiger partial charge in [0.25, 0.3) is 5.91 Å². The Morgan fingerprint density at radius 2 is 1.65 bits per heavy atom. The van der Waals surface area contributed by atoms with E-state index in [0.717, 1.165) is 16.7 Å². The van der Waals surface area contributed by atoms with E-state index < -0.39 is 11.6 Å². The van der Waals surface area contributed by atoms with Gasteiger partial charge >= 0.3 is 0 Å². The van der Waals surface area contributed by atoms with E-state index in [0.29, 0.717) is 43.1 Å². The van der Waals surface area contributed by atoms with E-state index in [1.54, 1.807) is 12.1 Å². The molecule has 1 fully saturated rings. The zero-order valence-electron chi connectivity index (χ0n) is 20.7. The van der Waals surface area contributed by atoms with Crippen LogP contribution in [-0.2, 0) is 9.53 Å². The number of ether oxygens (including phenoxy) is 1. The van der Waals surface area contributed by atoms with E-state index >= 15 is 0 Å². The van der Waals surface area contributed by atoms with Crippen molar-refractivity contribution in [1.29, 1.82) is 5.26 Å². The number of nitriles is 1. The molecule has 0 aliphatic carbocycles. The Morgan fingerprint density at radius 3 is 2.30 bits per heavy atom. The van der Waals surface area contributed by atoms with Gasteiger partial charge < -0.3 is 15.4 Å². The van der Waals surface area contributed by atoms with E-state index in [4.69, 9.17) is 16.3 Å². The van der Waals surface area contributed by atoms with Crippen molar-refractivity contribution in [3.63, 3.8) is 0 Å². The molecule has 2 amide bonds. The minimum Gasteiger partial charge on any atom is -0.381 e. The number of halogens is 1. The quantitative estimate of drug-likeness (QED) is 0.415. The molecule has 3 aromatic carbocycles. The van der Waals surface area contributed by atoms with Gasteiger partial charge in [0.15, 0.2) is 0 Å². The van der Waals surface area contributed by atoms with Gasteiger partial charge in [0.1, 0.15) is 11.6 Å². The average Bonchev–Trinajstić information content (AvgIpc) is 2.94. The highest BCUT2D eigenvalue weighted by Crippen LogP contribution is 2.28. The summed E-state index contributed by atoms with van der Waals surface area (Å²) in [5.74, 6) is -0.719. The third kappa shape index (κ3) is 6.56. The molecule has 2 atom stereocenters. The number of benzene rings is 3. The Bertz CT molecular complexity index is 1270. The van der Waals surface area contributed by atoms with Crippen molar-refractivity contribution < 1.29 is 14.3 Å². The van der Waals surface area contributed by atoms with Crippen LogP contribution in [0, 0.1) is 11.3 Å². The zero-order chi connectivity index (χ0) is 26.3. The molecule has 0 saturated carbocycles. The van der Waals surface area contributed by atoms with Crippen molar-refractivity contribution in [2.45, 2.75) is 43.7 Å². The lowest BCUT2D eigenvalue weighted by Gasteiger charge is -2.33. The van der Waals surface area contributed by atoms with Crippen molar-refractivity contribution in [2.75, 3.05) is 13.2 Å². The lowest BCUT2D eigenvalue weighted by Crippen LogP contribution is -2.57. The maximum Gasteiger partial charge on any atom is 0.251 e. The third-order valence-electron chi connectivity index (χ3n) is 6.83. The molecule has 7 heteroatoms. The highest BCUT2D eigenvalue weighted by Gasteiger charge is 2.37.